The first-order chi connectivity index (χ1) is 26.3. The van der Waals surface area contributed by atoms with E-state index in [2.05, 4.69) is 39.1 Å². The van der Waals surface area contributed by atoms with E-state index in [0.717, 1.165) is 46.5 Å². The minimum atomic E-state index is -2.28. The number of benzene rings is 1. The number of allylic oxidation sites excluding steroid dienone is 1. The van der Waals surface area contributed by atoms with Gasteiger partial charge in [-0.05, 0) is 74.3 Å². The van der Waals surface area contributed by atoms with Crippen LogP contribution < -0.4 is 5.73 Å². The molecule has 6 heterocycles. The molecule has 12 heteroatoms. The average molecular weight is 756 g/mol. The topological polar surface area (TPSA) is 165 Å². The number of methoxy groups -OCH3 is 2. The Morgan fingerprint density at radius 1 is 1.05 bits per heavy atom. The number of hydrogen-bond acceptors (Lipinski definition) is 10. The van der Waals surface area contributed by atoms with Gasteiger partial charge in [-0.3, -0.25) is 19.4 Å². The van der Waals surface area contributed by atoms with Gasteiger partial charge < -0.3 is 40.4 Å². The summed E-state index contributed by atoms with van der Waals surface area (Å²) in [6, 6.07) is 7.08. The summed E-state index contributed by atoms with van der Waals surface area (Å²) in [5.41, 5.74) is 4.54. The van der Waals surface area contributed by atoms with Crippen LogP contribution in [0.1, 0.15) is 57.2 Å². The number of aromatic nitrogens is 1. The number of nitrogens with zero attached hydrogens (tertiary/aromatic N) is 3. The molecule has 1 spiro atoms. The van der Waals surface area contributed by atoms with E-state index in [1.54, 1.807) is 7.11 Å². The smallest absolute Gasteiger partial charge is 0.318 e. The highest BCUT2D eigenvalue weighted by Crippen LogP contribution is 2.69. The maximum atomic E-state index is 15.2. The number of carbonyl (C=O) groups is 2. The molecule has 9 rings (SSSR count). The van der Waals surface area contributed by atoms with Crippen molar-refractivity contribution in [2.75, 3.05) is 54.0 Å². The maximum Gasteiger partial charge on any atom is 0.318 e. The number of primary amides is 1. The molecule has 3 unspecified atom stereocenters. The second-order valence-electron chi connectivity index (χ2n) is 17.8. The van der Waals surface area contributed by atoms with Crippen molar-refractivity contribution in [1.82, 2.24) is 19.7 Å². The van der Waals surface area contributed by atoms with E-state index < -0.39 is 57.5 Å². The van der Waals surface area contributed by atoms with Gasteiger partial charge in [0, 0.05) is 85.4 Å². The Morgan fingerprint density at radius 2 is 1.84 bits per heavy atom. The van der Waals surface area contributed by atoms with Gasteiger partial charge in [-0.2, -0.15) is 0 Å². The summed E-state index contributed by atoms with van der Waals surface area (Å²) in [5, 5.41) is 38.0. The third kappa shape index (κ3) is 4.61. The summed E-state index contributed by atoms with van der Waals surface area (Å²) < 4.78 is 12.4. The molecule has 1 saturated carbocycles. The third-order valence-electron chi connectivity index (χ3n) is 15.6. The number of rotatable bonds is 6. The van der Waals surface area contributed by atoms with Crippen molar-refractivity contribution in [2.45, 2.75) is 93.3 Å². The zero-order valence-corrected chi connectivity index (χ0v) is 32.8. The number of fused-ring (bicyclic) bond motifs is 6. The Labute approximate surface area is 323 Å². The number of nitrogens with two attached hydrogens (primary N) is 1. The predicted molar refractivity (Wildman–Crippen MR) is 207 cm³/mol. The van der Waals surface area contributed by atoms with Crippen LogP contribution in [0.2, 0.25) is 0 Å². The largest absolute Gasteiger partial charge is 0.468 e. The number of aromatic amines is 1. The van der Waals surface area contributed by atoms with E-state index in [0.29, 0.717) is 58.2 Å². The lowest BCUT2D eigenvalue weighted by atomic mass is 9.47. The zero-order chi connectivity index (χ0) is 38.9. The van der Waals surface area contributed by atoms with Crippen molar-refractivity contribution in [1.29, 1.82) is 0 Å². The lowest BCUT2D eigenvalue weighted by Gasteiger charge is -2.63. The molecular formula is C43H57N5O7. The molecule has 6 N–H and O–H groups in total. The number of likely N-dealkylation sites (N-methyl/N-ethyl adjacent to an activating group) is 1. The van der Waals surface area contributed by atoms with Crippen LogP contribution >= 0.6 is 0 Å². The first-order valence-electron chi connectivity index (χ1n) is 20.2. The molecule has 3 saturated heterocycles. The molecule has 296 valence electrons. The number of carbonyl (C=O) groups excluding carboxylic acids is 2. The highest BCUT2D eigenvalue weighted by atomic mass is 16.5. The van der Waals surface area contributed by atoms with E-state index in [-0.39, 0.29) is 17.9 Å². The second kappa shape index (κ2) is 12.5. The standard InChI is InChI=1S/C43H57N5O7/c1-6-39(52)21-25-22-42(38(51)55-5,33-27(13-17-47(23-25)24-39)26-11-8-9-12-30(26)45-33)29-19-28-31(20-32(29)54-4)46(3)35-41(28)15-18-48-16-10-14-40(7-2,34(41)48)36(49)43(35,53)37(44)50/h8-12,14,19-20,25,29,32,34-36,45,49,52-53H,6-7,13,15-18,21-24H2,1-5H3,(H2,44,50)/t25-,29?,32?,34-,35+,36+,39-,40+,41+,42-,43-/m0/s1. The van der Waals surface area contributed by atoms with Gasteiger partial charge >= 0.3 is 5.97 Å². The van der Waals surface area contributed by atoms with Crippen LogP contribution in [0.25, 0.3) is 10.9 Å². The Kier molecular flexibility index (Phi) is 8.42. The summed E-state index contributed by atoms with van der Waals surface area (Å²) in [5.74, 6) is -1.95. The average Bonchev–Trinajstić information content (AvgIpc) is 3.84. The lowest BCUT2D eigenvalue weighted by molar-refractivity contribution is -0.220. The van der Waals surface area contributed by atoms with Crippen LogP contribution in [0.3, 0.4) is 0 Å². The van der Waals surface area contributed by atoms with Gasteiger partial charge in [0.05, 0.1) is 24.9 Å². The molecule has 2 bridgehead atoms. The van der Waals surface area contributed by atoms with Crippen molar-refractivity contribution in [2.24, 2.45) is 28.4 Å². The first kappa shape index (κ1) is 37.1. The number of amides is 1. The zero-order valence-electron chi connectivity index (χ0n) is 32.8. The van der Waals surface area contributed by atoms with Crippen LogP contribution in [-0.2, 0) is 30.9 Å². The van der Waals surface area contributed by atoms with Gasteiger partial charge in [-0.1, -0.05) is 50.3 Å². The summed E-state index contributed by atoms with van der Waals surface area (Å²) in [4.78, 5) is 39.4. The van der Waals surface area contributed by atoms with Gasteiger partial charge in [0.1, 0.15) is 11.5 Å². The summed E-state index contributed by atoms with van der Waals surface area (Å²) >= 11 is 0. The van der Waals surface area contributed by atoms with Crippen molar-refractivity contribution in [3.8, 4) is 0 Å². The monoisotopic (exact) mass is 755 g/mol. The molecule has 55 heavy (non-hydrogen) atoms. The van der Waals surface area contributed by atoms with Crippen LogP contribution in [0, 0.1) is 22.7 Å². The van der Waals surface area contributed by atoms with Crippen molar-refractivity contribution in [3.63, 3.8) is 0 Å². The first-order valence-corrected chi connectivity index (χ1v) is 20.2. The lowest BCUT2D eigenvalue weighted by Crippen LogP contribution is -2.79. The molecule has 7 aliphatic rings. The summed E-state index contributed by atoms with van der Waals surface area (Å²) in [7, 11) is 4.99. The van der Waals surface area contributed by atoms with Gasteiger partial charge in [-0.25, -0.2) is 0 Å². The number of hydrogen-bond donors (Lipinski definition) is 5. The summed E-state index contributed by atoms with van der Waals surface area (Å²) in [6.45, 7) is 7.49. The van der Waals surface area contributed by atoms with Crippen molar-refractivity contribution >= 4 is 22.8 Å². The second-order valence-corrected chi connectivity index (χ2v) is 17.8. The molecule has 12 atom stereocenters. The van der Waals surface area contributed by atoms with E-state index in [4.69, 9.17) is 15.2 Å². The molecule has 2 aromatic rings. The molecule has 0 radical (unpaired) electrons. The number of aliphatic hydroxyl groups is 3. The number of H-pyrrole nitrogens is 1. The number of ether oxygens (including phenoxy) is 2. The molecular weight excluding hydrogens is 699 g/mol. The van der Waals surface area contributed by atoms with Gasteiger partial charge in [0.2, 0.25) is 0 Å². The molecule has 12 nitrogen and oxygen atoms in total. The van der Waals surface area contributed by atoms with Gasteiger partial charge in [0.25, 0.3) is 5.91 Å². The van der Waals surface area contributed by atoms with Crippen LogP contribution in [0.4, 0.5) is 0 Å². The highest BCUT2D eigenvalue weighted by molar-refractivity contribution is 5.91. The number of esters is 1. The fraction of sp³-hybridized carbons (Fsp3) is 0.628. The minimum Gasteiger partial charge on any atom is -0.468 e. The minimum absolute atomic E-state index is 0.0448. The number of piperidine rings is 1. The number of para-hydroxylation sites is 1. The van der Waals surface area contributed by atoms with Gasteiger partial charge in [-0.15, -0.1) is 0 Å². The molecule has 1 amide bonds. The third-order valence-corrected chi connectivity index (χ3v) is 15.6. The predicted octanol–water partition coefficient (Wildman–Crippen LogP) is 2.37. The van der Waals surface area contributed by atoms with Crippen LogP contribution in [0.5, 0.6) is 0 Å². The SMILES string of the molecule is CC[C@]1(O)C[C@@H]2CN(CCc3c([nH]c4ccccc34)[C@@](C(=O)OC)(C3C=C4C(=CC3OC)N(C)[C@H]3[C@@](O)(C(N)=O)[C@H](O)[C@]5(CC)C=CCN6CC[C@]43[C@@H]65)C2)C1. The molecule has 4 fully saturated rings. The Balaban J connectivity index is 1.33. The molecule has 1 aromatic carbocycles. The normalized spacial score (nSPS) is 43.3. The van der Waals surface area contributed by atoms with Crippen LogP contribution in [0.15, 0.2) is 59.8 Å². The van der Waals surface area contributed by atoms with Crippen molar-refractivity contribution < 1.29 is 34.4 Å². The fourth-order valence-corrected chi connectivity index (χ4v) is 13.5. The summed E-state index contributed by atoms with van der Waals surface area (Å²) in [6.07, 6.45) is 9.63. The number of nitrogens with one attached hydrogen (secondary N) is 1. The fourth-order valence-electron chi connectivity index (χ4n) is 13.5. The van der Waals surface area contributed by atoms with E-state index in [9.17, 15) is 20.1 Å². The molecule has 1 aromatic heterocycles. The Morgan fingerprint density at radius 3 is 2.55 bits per heavy atom. The van der Waals surface area contributed by atoms with E-state index >= 15 is 4.79 Å². The Bertz CT molecular complexity index is 2030. The molecule has 2 aliphatic carbocycles. The quantitative estimate of drug-likeness (QED) is 0.219. The number of likely N-dealkylation sites (tertiary alicyclic amines) is 1. The van der Waals surface area contributed by atoms with Crippen LogP contribution in [-0.4, -0.2) is 136 Å². The maximum absolute atomic E-state index is 15.2. The van der Waals surface area contributed by atoms with Crippen molar-refractivity contribution in [3.05, 3.63) is 71.1 Å². The van der Waals surface area contributed by atoms with E-state index in [1.165, 1.54) is 7.11 Å². The number of aliphatic hydroxyl groups excluding tert-OH is 1. The van der Waals surface area contributed by atoms with Gasteiger partial charge in [0.15, 0.2) is 5.60 Å². The van der Waals surface area contributed by atoms with E-state index in [1.807, 2.05) is 50.1 Å². The molecule has 5 aliphatic heterocycles. The Hall–Kier alpha value is -3.52. The highest BCUT2D eigenvalue weighted by Gasteiger charge is 2.79.